The van der Waals surface area contributed by atoms with Crippen LogP contribution in [0.1, 0.15) is 55.3 Å². The summed E-state index contributed by atoms with van der Waals surface area (Å²) < 4.78 is 7.58. The first-order chi connectivity index (χ1) is 19.0. The lowest BCUT2D eigenvalue weighted by Gasteiger charge is -2.35. The van der Waals surface area contributed by atoms with Crippen molar-refractivity contribution in [1.29, 1.82) is 0 Å². The molecule has 8 nitrogen and oxygen atoms in total. The Morgan fingerprint density at radius 1 is 1.00 bits per heavy atom. The fraction of sp³-hybridized carbons (Fsp3) is 0.355. The molecule has 1 aliphatic carbocycles. The number of aryl methyl sites for hydroxylation is 2. The van der Waals surface area contributed by atoms with Gasteiger partial charge in [-0.05, 0) is 62.9 Å². The van der Waals surface area contributed by atoms with E-state index in [9.17, 15) is 9.59 Å². The van der Waals surface area contributed by atoms with Crippen LogP contribution in [0.5, 0.6) is 5.75 Å². The molecule has 39 heavy (non-hydrogen) atoms. The first-order valence-electron chi connectivity index (χ1n) is 13.7. The van der Waals surface area contributed by atoms with Crippen molar-refractivity contribution in [1.82, 2.24) is 20.3 Å². The van der Waals surface area contributed by atoms with Crippen LogP contribution in [-0.2, 0) is 16.1 Å². The molecule has 0 saturated heterocycles. The smallest absolute Gasteiger partial charge is 0.249 e. The summed E-state index contributed by atoms with van der Waals surface area (Å²) in [4.78, 5) is 30.3. The summed E-state index contributed by atoms with van der Waals surface area (Å²) in [6, 6.07) is 20.1. The van der Waals surface area contributed by atoms with Crippen LogP contribution in [-0.4, -0.2) is 39.5 Å². The van der Waals surface area contributed by atoms with Crippen LogP contribution in [0.3, 0.4) is 0 Å². The van der Waals surface area contributed by atoms with Crippen LogP contribution >= 0.6 is 0 Å². The number of carbonyl (C=O) groups excluding carboxylic acids is 2. The maximum absolute atomic E-state index is 14.4. The molecule has 2 amide bonds. The Labute approximate surface area is 229 Å². The van der Waals surface area contributed by atoms with Gasteiger partial charge in [-0.1, -0.05) is 66.6 Å². The highest BCUT2D eigenvalue weighted by molar-refractivity contribution is 6.03. The van der Waals surface area contributed by atoms with Crippen LogP contribution < -0.4 is 15.0 Å². The lowest BCUT2D eigenvalue weighted by Crippen LogP contribution is -2.48. The van der Waals surface area contributed by atoms with Gasteiger partial charge in [0.1, 0.15) is 23.9 Å². The molecular formula is C31H35N5O3. The van der Waals surface area contributed by atoms with E-state index < -0.39 is 6.04 Å². The van der Waals surface area contributed by atoms with Crippen molar-refractivity contribution in [3.63, 3.8) is 0 Å². The molecule has 3 aromatic carbocycles. The Bertz CT molecular complexity index is 1450. The molecule has 0 unspecified atom stereocenters. The van der Waals surface area contributed by atoms with E-state index in [2.05, 4.69) is 15.6 Å². The van der Waals surface area contributed by atoms with Gasteiger partial charge < -0.3 is 10.1 Å². The molecular weight excluding hydrogens is 490 g/mol. The van der Waals surface area contributed by atoms with E-state index in [4.69, 9.17) is 4.74 Å². The number of ether oxygens (including phenoxy) is 1. The van der Waals surface area contributed by atoms with Crippen molar-refractivity contribution in [2.75, 3.05) is 11.5 Å². The zero-order valence-corrected chi connectivity index (χ0v) is 22.8. The van der Waals surface area contributed by atoms with Gasteiger partial charge in [-0.2, -0.15) is 0 Å². The van der Waals surface area contributed by atoms with E-state index in [1.807, 2.05) is 87.5 Å². The Morgan fingerprint density at radius 3 is 2.44 bits per heavy atom. The second-order valence-electron chi connectivity index (χ2n) is 10.1. The summed E-state index contributed by atoms with van der Waals surface area (Å²) in [5.41, 5.74) is 4.63. The number of fused-ring (bicyclic) bond motifs is 1. The summed E-state index contributed by atoms with van der Waals surface area (Å²) in [6.45, 7) is 6.21. The second kappa shape index (κ2) is 11.7. The monoisotopic (exact) mass is 525 g/mol. The molecule has 0 bridgehead atoms. The highest BCUT2D eigenvalue weighted by Gasteiger charge is 2.37. The number of hydrogen-bond acceptors (Lipinski definition) is 5. The average Bonchev–Trinajstić information content (AvgIpc) is 3.59. The molecule has 1 saturated carbocycles. The van der Waals surface area contributed by atoms with Gasteiger partial charge in [-0.15, -0.1) is 5.10 Å². The predicted molar refractivity (Wildman–Crippen MR) is 152 cm³/mol. The molecule has 202 valence electrons. The number of benzene rings is 3. The van der Waals surface area contributed by atoms with Crippen molar-refractivity contribution in [3.05, 3.63) is 83.4 Å². The van der Waals surface area contributed by atoms with Gasteiger partial charge in [0.25, 0.3) is 0 Å². The van der Waals surface area contributed by atoms with Gasteiger partial charge in [0.05, 0.1) is 17.8 Å². The molecule has 4 aromatic rings. The minimum Gasteiger partial charge on any atom is -0.493 e. The molecule has 0 aliphatic heterocycles. The largest absolute Gasteiger partial charge is 0.493 e. The van der Waals surface area contributed by atoms with Gasteiger partial charge in [0.15, 0.2) is 0 Å². The van der Waals surface area contributed by atoms with Crippen molar-refractivity contribution < 1.29 is 14.3 Å². The van der Waals surface area contributed by atoms with Crippen LogP contribution in [0.25, 0.3) is 11.0 Å². The summed E-state index contributed by atoms with van der Waals surface area (Å²) >= 11 is 0. The quantitative estimate of drug-likeness (QED) is 0.321. The Hall–Kier alpha value is -4.20. The summed E-state index contributed by atoms with van der Waals surface area (Å²) in [6.07, 6.45) is 4.05. The fourth-order valence-corrected chi connectivity index (χ4v) is 5.56. The van der Waals surface area contributed by atoms with Gasteiger partial charge in [-0.3, -0.25) is 14.5 Å². The molecule has 1 aliphatic rings. The van der Waals surface area contributed by atoms with Gasteiger partial charge in [0, 0.05) is 11.6 Å². The van der Waals surface area contributed by atoms with E-state index in [1.165, 1.54) is 0 Å². The Kier molecular flexibility index (Phi) is 7.91. The van der Waals surface area contributed by atoms with Crippen molar-refractivity contribution in [2.45, 2.75) is 65.1 Å². The molecule has 1 atom stereocenters. The second-order valence-corrected chi connectivity index (χ2v) is 10.1. The molecule has 1 heterocycles. The van der Waals surface area contributed by atoms with E-state index in [0.717, 1.165) is 42.3 Å². The molecule has 0 spiro atoms. The van der Waals surface area contributed by atoms with E-state index in [1.54, 1.807) is 9.58 Å². The van der Waals surface area contributed by atoms with Crippen molar-refractivity contribution >= 4 is 28.5 Å². The number of nitrogens with zero attached hydrogens (tertiary/aromatic N) is 4. The topological polar surface area (TPSA) is 89.4 Å². The maximum atomic E-state index is 14.4. The number of anilines is 1. The van der Waals surface area contributed by atoms with Crippen LogP contribution in [0.2, 0.25) is 0 Å². The van der Waals surface area contributed by atoms with Crippen LogP contribution in [0.15, 0.2) is 66.7 Å². The van der Waals surface area contributed by atoms with Crippen molar-refractivity contribution in [2.24, 2.45) is 0 Å². The minimum atomic E-state index is -0.935. The minimum absolute atomic E-state index is 0.0711. The number of nitrogens with one attached hydrogen (secondary N) is 1. The Morgan fingerprint density at radius 2 is 1.69 bits per heavy atom. The van der Waals surface area contributed by atoms with Crippen molar-refractivity contribution in [3.8, 4) is 5.75 Å². The molecule has 5 rings (SSSR count). The lowest BCUT2D eigenvalue weighted by molar-refractivity contribution is -0.127. The Balaban J connectivity index is 1.65. The highest BCUT2D eigenvalue weighted by atomic mass is 16.5. The number of rotatable bonds is 9. The molecule has 0 radical (unpaired) electrons. The fourth-order valence-electron chi connectivity index (χ4n) is 5.56. The predicted octanol–water partition coefficient (Wildman–Crippen LogP) is 5.28. The van der Waals surface area contributed by atoms with Gasteiger partial charge in [-0.25, -0.2) is 4.68 Å². The van der Waals surface area contributed by atoms with E-state index >= 15 is 0 Å². The SMILES string of the molecule is CCOc1ccccc1[C@H](C(=O)NC1CCCC1)N(C(=O)Cn1nnc2ccccc21)c1c(C)cccc1C. The molecule has 1 aromatic heterocycles. The highest BCUT2D eigenvalue weighted by Crippen LogP contribution is 2.37. The number of hydrogen-bond donors (Lipinski definition) is 1. The van der Waals surface area contributed by atoms with Crippen LogP contribution in [0, 0.1) is 13.8 Å². The third-order valence-electron chi connectivity index (χ3n) is 7.38. The average molecular weight is 526 g/mol. The van der Waals surface area contributed by atoms with E-state index in [-0.39, 0.29) is 24.4 Å². The first kappa shape index (κ1) is 26.4. The molecule has 8 heteroatoms. The summed E-state index contributed by atoms with van der Waals surface area (Å²) in [5.74, 6) is 0.108. The first-order valence-corrected chi connectivity index (χ1v) is 13.7. The lowest BCUT2D eigenvalue weighted by atomic mass is 9.98. The summed E-state index contributed by atoms with van der Waals surface area (Å²) in [7, 11) is 0. The number of carbonyl (C=O) groups is 2. The number of amides is 2. The third-order valence-corrected chi connectivity index (χ3v) is 7.38. The normalized spacial score (nSPS) is 14.3. The number of para-hydroxylation sites is 3. The van der Waals surface area contributed by atoms with Gasteiger partial charge >= 0.3 is 0 Å². The van der Waals surface area contributed by atoms with E-state index in [0.29, 0.717) is 29.1 Å². The van der Waals surface area contributed by atoms with Crippen LogP contribution in [0.4, 0.5) is 5.69 Å². The summed E-state index contributed by atoms with van der Waals surface area (Å²) in [5, 5.41) is 11.7. The zero-order valence-electron chi connectivity index (χ0n) is 22.8. The maximum Gasteiger partial charge on any atom is 0.249 e. The zero-order chi connectivity index (χ0) is 27.4. The standard InChI is InChI=1S/C31H35N5O3/c1-4-39-27-19-10-7-16-24(27)30(31(38)32-23-14-5-6-15-23)36(29-21(2)12-11-13-22(29)3)28(37)20-35-26-18-9-8-17-25(26)33-34-35/h7-13,16-19,23,30H,4-6,14-15,20H2,1-3H3,(H,32,38)/t30-/m1/s1. The number of aromatic nitrogens is 3. The molecule has 1 fully saturated rings. The third kappa shape index (κ3) is 5.50. The molecule has 1 N–H and O–H groups in total. The van der Waals surface area contributed by atoms with Gasteiger partial charge in [0.2, 0.25) is 11.8 Å².